The smallest absolute Gasteiger partial charge is 0.184 e. The standard InChI is InChI=1S/C2H3Br3O.Ti/c3-1-2(4,5)6;/h6H,1H2;. The minimum atomic E-state index is -0.917. The van der Waals surface area contributed by atoms with Crippen LogP contribution < -0.4 is 0 Å². The average Bonchev–Trinajstić information content (AvgIpc) is 1.35. The molecule has 0 aromatic carbocycles. The minimum absolute atomic E-state index is 0. The fourth-order valence-electron chi connectivity index (χ4n) is 0. The normalized spacial score (nSPS) is 10.3. The van der Waals surface area contributed by atoms with E-state index in [1.807, 2.05) is 0 Å². The molecule has 1 N–H and O–H groups in total. The summed E-state index contributed by atoms with van der Waals surface area (Å²) in [6.45, 7) is 0. The van der Waals surface area contributed by atoms with E-state index in [2.05, 4.69) is 47.8 Å². The number of aliphatic hydroxyl groups is 1. The van der Waals surface area contributed by atoms with Crippen LogP contribution in [0.5, 0.6) is 0 Å². The molecule has 0 aliphatic carbocycles. The molecule has 0 aromatic heterocycles. The Morgan fingerprint density at radius 3 is 1.57 bits per heavy atom. The van der Waals surface area contributed by atoms with Crippen LogP contribution in [0, 0.1) is 0 Å². The van der Waals surface area contributed by atoms with Gasteiger partial charge in [-0.25, -0.2) is 0 Å². The monoisotopic (exact) mass is 328 g/mol. The van der Waals surface area contributed by atoms with Gasteiger partial charge in [-0.1, -0.05) is 15.9 Å². The van der Waals surface area contributed by atoms with Gasteiger partial charge in [-0.05, 0) is 31.9 Å². The Kier molecular flexibility index (Phi) is 8.37. The van der Waals surface area contributed by atoms with Crippen molar-refractivity contribution in [1.82, 2.24) is 0 Å². The van der Waals surface area contributed by atoms with E-state index < -0.39 is 3.42 Å². The van der Waals surface area contributed by atoms with Crippen molar-refractivity contribution in [2.45, 2.75) is 3.42 Å². The van der Waals surface area contributed by atoms with E-state index >= 15 is 0 Å². The van der Waals surface area contributed by atoms with Gasteiger partial charge in [0.2, 0.25) is 0 Å². The maximum absolute atomic E-state index is 8.61. The quantitative estimate of drug-likeness (QED) is 0.574. The van der Waals surface area contributed by atoms with E-state index in [-0.39, 0.29) is 21.7 Å². The molecule has 5 heteroatoms. The first-order valence-corrected chi connectivity index (χ1v) is 3.93. The van der Waals surface area contributed by atoms with Gasteiger partial charge in [-0.3, -0.25) is 0 Å². The second-order valence-electron chi connectivity index (χ2n) is 0.799. The summed E-state index contributed by atoms with van der Waals surface area (Å²) < 4.78 is -0.917. The maximum Gasteiger partial charge on any atom is 0.184 e. The van der Waals surface area contributed by atoms with Crippen molar-refractivity contribution < 1.29 is 26.8 Å². The first-order chi connectivity index (χ1) is 2.56. The van der Waals surface area contributed by atoms with Crippen LogP contribution in [0.25, 0.3) is 0 Å². The van der Waals surface area contributed by atoms with Crippen LogP contribution in [0.1, 0.15) is 0 Å². The van der Waals surface area contributed by atoms with Crippen LogP contribution in [0.2, 0.25) is 0 Å². The second-order valence-corrected chi connectivity index (χ2v) is 5.05. The van der Waals surface area contributed by atoms with Gasteiger partial charge >= 0.3 is 0 Å². The van der Waals surface area contributed by atoms with Gasteiger partial charge in [0.05, 0.1) is 5.33 Å². The van der Waals surface area contributed by atoms with Crippen LogP contribution >= 0.6 is 47.8 Å². The molecular formula is C2H3Br3OTi. The summed E-state index contributed by atoms with van der Waals surface area (Å²) in [4.78, 5) is 0. The van der Waals surface area contributed by atoms with Crippen molar-refractivity contribution in [2.24, 2.45) is 0 Å². The summed E-state index contributed by atoms with van der Waals surface area (Å²) in [6.07, 6.45) is 0. The Morgan fingerprint density at radius 2 is 1.57 bits per heavy atom. The fraction of sp³-hybridized carbons (Fsp3) is 1.00. The molecule has 0 aliphatic rings. The third-order valence-corrected chi connectivity index (χ3v) is 3.04. The van der Waals surface area contributed by atoms with Crippen LogP contribution in [-0.4, -0.2) is 13.9 Å². The van der Waals surface area contributed by atoms with Gasteiger partial charge in [0, 0.05) is 21.7 Å². The molecule has 0 saturated carbocycles. The molecule has 42 valence electrons. The third-order valence-electron chi connectivity index (χ3n) is 0.161. The Balaban J connectivity index is 0. The Bertz CT molecular complexity index is 42.7. The molecule has 0 heterocycles. The topological polar surface area (TPSA) is 20.2 Å². The Hall–Kier alpha value is 2.11. The number of hydrogen-bond donors (Lipinski definition) is 1. The van der Waals surface area contributed by atoms with Crippen molar-refractivity contribution in [3.05, 3.63) is 0 Å². The minimum Gasteiger partial charge on any atom is -0.369 e. The molecular weight excluding hydrogens is 328 g/mol. The molecule has 0 aromatic rings. The van der Waals surface area contributed by atoms with Crippen molar-refractivity contribution >= 4 is 47.8 Å². The number of alkyl halides is 3. The van der Waals surface area contributed by atoms with E-state index in [9.17, 15) is 0 Å². The second kappa shape index (κ2) is 4.94. The van der Waals surface area contributed by atoms with Crippen molar-refractivity contribution in [2.75, 3.05) is 5.33 Å². The van der Waals surface area contributed by atoms with Gasteiger partial charge in [0.1, 0.15) is 0 Å². The van der Waals surface area contributed by atoms with E-state index in [0.29, 0.717) is 5.33 Å². The zero-order valence-electron chi connectivity index (χ0n) is 3.29. The fourth-order valence-corrected chi connectivity index (χ4v) is 0. The summed E-state index contributed by atoms with van der Waals surface area (Å²) in [5, 5.41) is 9.09. The molecule has 7 heavy (non-hydrogen) atoms. The van der Waals surface area contributed by atoms with Gasteiger partial charge in [0.25, 0.3) is 0 Å². The van der Waals surface area contributed by atoms with E-state index in [1.165, 1.54) is 0 Å². The molecule has 0 radical (unpaired) electrons. The largest absolute Gasteiger partial charge is 0.369 e. The van der Waals surface area contributed by atoms with Gasteiger partial charge in [-0.15, -0.1) is 0 Å². The third kappa shape index (κ3) is 11.6. The van der Waals surface area contributed by atoms with Crippen LogP contribution in [-0.2, 0) is 21.7 Å². The average molecular weight is 331 g/mol. The summed E-state index contributed by atoms with van der Waals surface area (Å²) in [7, 11) is 0. The summed E-state index contributed by atoms with van der Waals surface area (Å²) in [5.41, 5.74) is 0. The summed E-state index contributed by atoms with van der Waals surface area (Å²) >= 11 is 8.83. The Labute approximate surface area is 82.5 Å². The molecule has 0 fully saturated rings. The molecule has 0 amide bonds. The molecule has 0 aliphatic heterocycles. The number of hydrogen-bond acceptors (Lipinski definition) is 1. The van der Waals surface area contributed by atoms with E-state index in [4.69, 9.17) is 5.11 Å². The zero-order chi connectivity index (χ0) is 5.21. The molecule has 0 rings (SSSR count). The van der Waals surface area contributed by atoms with E-state index in [1.54, 1.807) is 0 Å². The predicted octanol–water partition coefficient (Wildman–Crippen LogP) is 1.81. The summed E-state index contributed by atoms with van der Waals surface area (Å²) in [6, 6.07) is 0. The summed E-state index contributed by atoms with van der Waals surface area (Å²) in [5.74, 6) is 0. The van der Waals surface area contributed by atoms with Gasteiger partial charge < -0.3 is 5.11 Å². The van der Waals surface area contributed by atoms with Crippen LogP contribution in [0.4, 0.5) is 0 Å². The van der Waals surface area contributed by atoms with Crippen LogP contribution in [0.3, 0.4) is 0 Å². The molecule has 1 nitrogen and oxygen atoms in total. The number of rotatable bonds is 1. The first-order valence-electron chi connectivity index (χ1n) is 1.22. The molecule has 0 spiro atoms. The van der Waals surface area contributed by atoms with Gasteiger partial charge in [-0.2, -0.15) is 0 Å². The zero-order valence-corrected chi connectivity index (χ0v) is 9.61. The van der Waals surface area contributed by atoms with Crippen molar-refractivity contribution in [3.63, 3.8) is 0 Å². The maximum atomic E-state index is 8.61. The van der Waals surface area contributed by atoms with E-state index in [0.717, 1.165) is 0 Å². The molecule has 0 bridgehead atoms. The number of halogens is 3. The predicted molar refractivity (Wildman–Crippen MR) is 36.6 cm³/mol. The SMILES string of the molecule is OC(Br)(Br)CBr.[Ti]. The Morgan fingerprint density at radius 1 is 1.43 bits per heavy atom. The van der Waals surface area contributed by atoms with Crippen molar-refractivity contribution in [1.29, 1.82) is 0 Å². The molecule has 0 atom stereocenters. The van der Waals surface area contributed by atoms with Gasteiger partial charge in [0.15, 0.2) is 3.42 Å². The van der Waals surface area contributed by atoms with Crippen LogP contribution in [0.15, 0.2) is 0 Å². The first kappa shape index (κ1) is 11.9. The van der Waals surface area contributed by atoms with Crippen molar-refractivity contribution in [3.8, 4) is 0 Å². The molecule has 0 unspecified atom stereocenters. The molecule has 0 saturated heterocycles.